The Bertz CT molecular complexity index is 1470. The van der Waals surface area contributed by atoms with E-state index in [-0.39, 0.29) is 17.1 Å². The predicted octanol–water partition coefficient (Wildman–Crippen LogP) is 7.18. The largest absolute Gasteiger partial charge is 0.322 e. The summed E-state index contributed by atoms with van der Waals surface area (Å²) in [6.45, 7) is 3.86. The molecule has 0 fully saturated rings. The number of para-hydroxylation sites is 2. The number of aromatic nitrogens is 1. The Morgan fingerprint density at radius 2 is 1.32 bits per heavy atom. The fourth-order valence-corrected chi connectivity index (χ4v) is 5.15. The number of carbonyl (C=O) groups is 2. The van der Waals surface area contributed by atoms with Crippen LogP contribution in [0.2, 0.25) is 0 Å². The van der Waals surface area contributed by atoms with Crippen molar-refractivity contribution in [3.63, 3.8) is 0 Å². The fraction of sp³-hybridized carbons (Fsp3) is 0.103. The Morgan fingerprint density at radius 1 is 0.765 bits per heavy atom. The van der Waals surface area contributed by atoms with Crippen LogP contribution in [0.25, 0.3) is 21.8 Å². The molecule has 5 heteroatoms. The molecule has 1 N–H and O–H groups in total. The van der Waals surface area contributed by atoms with Gasteiger partial charge in [-0.2, -0.15) is 0 Å². The molecule has 0 saturated heterocycles. The van der Waals surface area contributed by atoms with Crippen LogP contribution in [0.5, 0.6) is 0 Å². The van der Waals surface area contributed by atoms with Gasteiger partial charge in [-0.05, 0) is 61.9 Å². The highest BCUT2D eigenvalue weighted by Crippen LogP contribution is 2.32. The summed E-state index contributed by atoms with van der Waals surface area (Å²) in [6, 6.07) is 31.2. The van der Waals surface area contributed by atoms with Crippen LogP contribution in [0.1, 0.15) is 27.6 Å². The normalized spacial score (nSPS) is 12.1. The van der Waals surface area contributed by atoms with E-state index in [0.717, 1.165) is 38.0 Å². The quantitative estimate of drug-likeness (QED) is 0.280. The SMILES string of the molecule is Cc1ccccc1C(=O)Nc1ccc(SC(C)C(=O)n2c3ccccc3c3ccccc32)cc1. The van der Waals surface area contributed by atoms with Crippen LogP contribution in [0, 0.1) is 6.92 Å². The van der Waals surface area contributed by atoms with Crippen molar-refractivity contribution in [2.45, 2.75) is 24.0 Å². The third kappa shape index (κ3) is 4.11. The number of aryl methyl sites for hydroxylation is 1. The zero-order valence-electron chi connectivity index (χ0n) is 19.0. The van der Waals surface area contributed by atoms with Gasteiger partial charge in [0.2, 0.25) is 5.91 Å². The van der Waals surface area contributed by atoms with Gasteiger partial charge < -0.3 is 5.32 Å². The number of hydrogen-bond acceptors (Lipinski definition) is 3. The number of hydrogen-bond donors (Lipinski definition) is 1. The van der Waals surface area contributed by atoms with E-state index in [1.54, 1.807) is 0 Å². The molecular formula is C29H24N2O2S. The average Bonchev–Trinajstić information content (AvgIpc) is 3.19. The smallest absolute Gasteiger partial charge is 0.255 e. The van der Waals surface area contributed by atoms with Crippen LogP contribution in [0.4, 0.5) is 5.69 Å². The maximum absolute atomic E-state index is 13.5. The molecule has 168 valence electrons. The summed E-state index contributed by atoms with van der Waals surface area (Å²) in [7, 11) is 0. The second kappa shape index (κ2) is 9.20. The lowest BCUT2D eigenvalue weighted by Gasteiger charge is -2.14. The predicted molar refractivity (Wildman–Crippen MR) is 141 cm³/mol. The Labute approximate surface area is 202 Å². The molecule has 1 unspecified atom stereocenters. The monoisotopic (exact) mass is 464 g/mol. The van der Waals surface area contributed by atoms with Gasteiger partial charge >= 0.3 is 0 Å². The second-order valence-electron chi connectivity index (χ2n) is 8.26. The molecule has 4 aromatic carbocycles. The van der Waals surface area contributed by atoms with E-state index in [0.29, 0.717) is 5.56 Å². The van der Waals surface area contributed by atoms with Crippen molar-refractivity contribution < 1.29 is 9.59 Å². The zero-order valence-corrected chi connectivity index (χ0v) is 19.8. The number of nitrogens with one attached hydrogen (secondary N) is 1. The lowest BCUT2D eigenvalue weighted by Crippen LogP contribution is -2.21. The maximum Gasteiger partial charge on any atom is 0.255 e. The third-order valence-electron chi connectivity index (χ3n) is 5.96. The number of amides is 1. The summed E-state index contributed by atoms with van der Waals surface area (Å²) < 4.78 is 1.83. The lowest BCUT2D eigenvalue weighted by molar-refractivity contribution is 0.0924. The molecule has 1 aromatic heterocycles. The summed E-state index contributed by atoms with van der Waals surface area (Å²) in [5, 5.41) is 4.82. The Hall–Kier alpha value is -3.83. The van der Waals surface area contributed by atoms with Gasteiger partial charge in [-0.3, -0.25) is 14.2 Å². The molecule has 1 heterocycles. The van der Waals surface area contributed by atoms with Gasteiger partial charge in [-0.25, -0.2) is 0 Å². The molecule has 0 radical (unpaired) electrons. The highest BCUT2D eigenvalue weighted by atomic mass is 32.2. The number of rotatable bonds is 5. The number of nitrogens with zero attached hydrogens (tertiary/aromatic N) is 1. The molecule has 0 spiro atoms. The summed E-state index contributed by atoms with van der Waals surface area (Å²) in [5.41, 5.74) is 4.17. The minimum atomic E-state index is -0.286. The van der Waals surface area contributed by atoms with E-state index >= 15 is 0 Å². The Morgan fingerprint density at radius 3 is 1.94 bits per heavy atom. The van der Waals surface area contributed by atoms with E-state index in [1.807, 2.05) is 103 Å². The first-order valence-corrected chi connectivity index (χ1v) is 12.1. The first-order valence-electron chi connectivity index (χ1n) is 11.2. The second-order valence-corrected chi connectivity index (χ2v) is 9.68. The average molecular weight is 465 g/mol. The third-order valence-corrected chi connectivity index (χ3v) is 7.06. The van der Waals surface area contributed by atoms with E-state index in [4.69, 9.17) is 0 Å². The molecule has 0 aliphatic rings. The van der Waals surface area contributed by atoms with Crippen molar-refractivity contribution in [3.05, 3.63) is 108 Å². The van der Waals surface area contributed by atoms with Gasteiger partial charge in [-0.1, -0.05) is 54.6 Å². The minimum Gasteiger partial charge on any atom is -0.322 e. The van der Waals surface area contributed by atoms with Crippen molar-refractivity contribution in [1.29, 1.82) is 0 Å². The van der Waals surface area contributed by atoms with E-state index in [9.17, 15) is 9.59 Å². The molecule has 1 amide bonds. The van der Waals surface area contributed by atoms with Crippen LogP contribution < -0.4 is 5.32 Å². The van der Waals surface area contributed by atoms with Gasteiger partial charge in [0.05, 0.1) is 16.3 Å². The molecule has 0 aliphatic heterocycles. The van der Waals surface area contributed by atoms with Crippen molar-refractivity contribution in [1.82, 2.24) is 4.57 Å². The van der Waals surface area contributed by atoms with Crippen LogP contribution in [0.15, 0.2) is 102 Å². The van der Waals surface area contributed by atoms with Crippen molar-refractivity contribution in [2.24, 2.45) is 0 Å². The molecule has 34 heavy (non-hydrogen) atoms. The molecule has 1 atom stereocenters. The fourth-order valence-electron chi connectivity index (χ4n) is 4.24. The van der Waals surface area contributed by atoms with Gasteiger partial charge in [0.15, 0.2) is 0 Å². The van der Waals surface area contributed by atoms with E-state index < -0.39 is 0 Å². The van der Waals surface area contributed by atoms with Gasteiger partial charge in [-0.15, -0.1) is 11.8 Å². The van der Waals surface area contributed by atoms with Crippen molar-refractivity contribution >= 4 is 51.1 Å². The van der Waals surface area contributed by atoms with Gasteiger partial charge in [0.1, 0.15) is 0 Å². The Balaban J connectivity index is 1.34. The van der Waals surface area contributed by atoms with Crippen molar-refractivity contribution in [2.75, 3.05) is 5.32 Å². The van der Waals surface area contributed by atoms with Gasteiger partial charge in [0, 0.05) is 26.9 Å². The highest BCUT2D eigenvalue weighted by molar-refractivity contribution is 8.00. The molecule has 5 rings (SSSR count). The highest BCUT2D eigenvalue weighted by Gasteiger charge is 2.21. The number of anilines is 1. The lowest BCUT2D eigenvalue weighted by atomic mass is 10.1. The molecular weight excluding hydrogens is 440 g/mol. The summed E-state index contributed by atoms with van der Waals surface area (Å²) >= 11 is 1.51. The summed E-state index contributed by atoms with van der Waals surface area (Å²) in [4.78, 5) is 27.1. The standard InChI is InChI=1S/C29H24N2O2S/c1-19-9-3-4-10-23(19)28(32)30-21-15-17-22(18-16-21)34-20(2)29(33)31-26-13-7-5-11-24(26)25-12-6-8-14-27(25)31/h3-18,20H,1-2H3,(H,30,32). The molecule has 0 saturated carbocycles. The van der Waals surface area contributed by atoms with Gasteiger partial charge in [0.25, 0.3) is 5.91 Å². The summed E-state index contributed by atoms with van der Waals surface area (Å²) in [6.07, 6.45) is 0. The number of benzene rings is 4. The van der Waals surface area contributed by atoms with Crippen LogP contribution in [0.3, 0.4) is 0 Å². The summed E-state index contributed by atoms with van der Waals surface area (Å²) in [5.74, 6) is -0.0901. The molecule has 0 bridgehead atoms. The number of carbonyl (C=O) groups excluding carboxylic acids is 2. The Kier molecular flexibility index (Phi) is 5.95. The first kappa shape index (κ1) is 22.0. The van der Waals surface area contributed by atoms with E-state index in [1.165, 1.54) is 11.8 Å². The maximum atomic E-state index is 13.5. The van der Waals surface area contributed by atoms with Crippen LogP contribution in [-0.4, -0.2) is 21.6 Å². The topological polar surface area (TPSA) is 51.1 Å². The van der Waals surface area contributed by atoms with E-state index in [2.05, 4.69) is 17.4 Å². The zero-order chi connectivity index (χ0) is 23.7. The first-order chi connectivity index (χ1) is 16.5. The number of thioether (sulfide) groups is 1. The van der Waals surface area contributed by atoms with Crippen LogP contribution in [-0.2, 0) is 0 Å². The van der Waals surface area contributed by atoms with Crippen molar-refractivity contribution in [3.8, 4) is 0 Å². The van der Waals surface area contributed by atoms with Crippen LogP contribution >= 0.6 is 11.8 Å². The number of fused-ring (bicyclic) bond motifs is 3. The molecule has 4 nitrogen and oxygen atoms in total. The molecule has 0 aliphatic carbocycles. The minimum absolute atomic E-state index is 0.0410. The molecule has 5 aromatic rings.